The van der Waals surface area contributed by atoms with Gasteiger partial charge in [-0.1, -0.05) is 12.8 Å². The molecule has 18 heavy (non-hydrogen) atoms. The molecular weight excluding hydrogens is 345 g/mol. The molecule has 0 heterocycles. The fraction of sp³-hybridized carbons (Fsp3) is 0.462. The summed E-state index contributed by atoms with van der Waals surface area (Å²) in [4.78, 5) is 12.2. The van der Waals surface area contributed by atoms with E-state index in [0.29, 0.717) is 0 Å². The minimum absolute atomic E-state index is 0.0287. The maximum absolute atomic E-state index is 12.2. The first kappa shape index (κ1) is 13.6. The third-order valence-electron chi connectivity index (χ3n) is 3.45. The molecule has 0 atom stereocenters. The van der Waals surface area contributed by atoms with Crippen LogP contribution in [0.15, 0.2) is 18.2 Å². The molecule has 0 aromatic heterocycles. The standard InChI is InChI=1S/C13H16INO3/c14-9-3-4-11(17)10(7-9)12(18)15-13(8-16)5-1-2-6-13/h3-4,7,16-17H,1-2,5-6,8H2,(H,15,18). The summed E-state index contributed by atoms with van der Waals surface area (Å²) in [5.74, 6) is -0.346. The van der Waals surface area contributed by atoms with Gasteiger partial charge in [-0.3, -0.25) is 4.79 Å². The molecule has 1 aromatic carbocycles. The topological polar surface area (TPSA) is 69.6 Å². The van der Waals surface area contributed by atoms with Crippen LogP contribution in [0.4, 0.5) is 0 Å². The van der Waals surface area contributed by atoms with E-state index in [1.807, 2.05) is 0 Å². The van der Waals surface area contributed by atoms with Gasteiger partial charge in [-0.2, -0.15) is 0 Å². The van der Waals surface area contributed by atoms with Gasteiger partial charge in [0, 0.05) is 3.57 Å². The number of phenols is 1. The van der Waals surface area contributed by atoms with Crippen LogP contribution in [0.1, 0.15) is 36.0 Å². The molecule has 1 aliphatic rings. The third-order valence-corrected chi connectivity index (χ3v) is 4.12. The number of hydrogen-bond acceptors (Lipinski definition) is 3. The highest BCUT2D eigenvalue weighted by atomic mass is 127. The Hall–Kier alpha value is -0.820. The minimum Gasteiger partial charge on any atom is -0.507 e. The SMILES string of the molecule is O=C(NC1(CO)CCCC1)c1cc(I)ccc1O. The Labute approximate surface area is 120 Å². The number of carbonyl (C=O) groups is 1. The first-order valence-electron chi connectivity index (χ1n) is 5.98. The van der Waals surface area contributed by atoms with Crippen LogP contribution >= 0.6 is 22.6 Å². The van der Waals surface area contributed by atoms with Crippen molar-refractivity contribution in [2.24, 2.45) is 0 Å². The van der Waals surface area contributed by atoms with Crippen LogP contribution in [0.5, 0.6) is 5.75 Å². The van der Waals surface area contributed by atoms with Crippen molar-refractivity contribution in [3.63, 3.8) is 0 Å². The molecule has 0 aliphatic heterocycles. The predicted molar refractivity (Wildman–Crippen MR) is 76.6 cm³/mol. The van der Waals surface area contributed by atoms with Gasteiger partial charge < -0.3 is 15.5 Å². The summed E-state index contributed by atoms with van der Waals surface area (Å²) in [6, 6.07) is 4.90. The van der Waals surface area contributed by atoms with E-state index < -0.39 is 5.54 Å². The van der Waals surface area contributed by atoms with Crippen molar-refractivity contribution >= 4 is 28.5 Å². The number of benzene rings is 1. The summed E-state index contributed by atoms with van der Waals surface area (Å²) in [7, 11) is 0. The van der Waals surface area contributed by atoms with Gasteiger partial charge in [-0.25, -0.2) is 0 Å². The van der Waals surface area contributed by atoms with Gasteiger partial charge in [0.15, 0.2) is 0 Å². The molecule has 0 bridgehead atoms. The first-order chi connectivity index (χ1) is 8.56. The van der Waals surface area contributed by atoms with Gasteiger partial charge in [0.2, 0.25) is 0 Å². The van der Waals surface area contributed by atoms with Crippen molar-refractivity contribution in [1.82, 2.24) is 5.32 Å². The number of hydrogen-bond donors (Lipinski definition) is 3. The summed E-state index contributed by atoms with van der Waals surface area (Å²) in [6.45, 7) is -0.0522. The lowest BCUT2D eigenvalue weighted by molar-refractivity contribution is 0.0836. The van der Waals surface area contributed by atoms with E-state index in [2.05, 4.69) is 27.9 Å². The quantitative estimate of drug-likeness (QED) is 0.722. The molecule has 0 saturated heterocycles. The molecule has 1 amide bonds. The van der Waals surface area contributed by atoms with Crippen LogP contribution < -0.4 is 5.32 Å². The molecule has 0 radical (unpaired) electrons. The Morgan fingerprint density at radius 1 is 1.39 bits per heavy atom. The molecule has 5 heteroatoms. The number of aromatic hydroxyl groups is 1. The second kappa shape index (κ2) is 5.44. The first-order valence-corrected chi connectivity index (χ1v) is 7.06. The minimum atomic E-state index is -0.509. The Morgan fingerprint density at radius 3 is 2.67 bits per heavy atom. The molecule has 0 spiro atoms. The van der Waals surface area contributed by atoms with Crippen molar-refractivity contribution in [3.05, 3.63) is 27.3 Å². The molecule has 1 saturated carbocycles. The Morgan fingerprint density at radius 2 is 2.06 bits per heavy atom. The maximum atomic E-state index is 12.2. The maximum Gasteiger partial charge on any atom is 0.255 e. The van der Waals surface area contributed by atoms with E-state index in [4.69, 9.17) is 0 Å². The molecule has 3 N–H and O–H groups in total. The number of nitrogens with one attached hydrogen (secondary N) is 1. The lowest BCUT2D eigenvalue weighted by atomic mass is 9.98. The number of amides is 1. The van der Waals surface area contributed by atoms with Crippen molar-refractivity contribution < 1.29 is 15.0 Å². The van der Waals surface area contributed by atoms with E-state index in [1.165, 1.54) is 6.07 Å². The highest BCUT2D eigenvalue weighted by Gasteiger charge is 2.35. The number of phenolic OH excluding ortho intramolecular Hbond substituents is 1. The zero-order chi connectivity index (χ0) is 13.2. The van der Waals surface area contributed by atoms with Gasteiger partial charge in [-0.15, -0.1) is 0 Å². The van der Waals surface area contributed by atoms with Gasteiger partial charge >= 0.3 is 0 Å². The van der Waals surface area contributed by atoms with E-state index in [9.17, 15) is 15.0 Å². The highest BCUT2D eigenvalue weighted by Crippen LogP contribution is 2.30. The number of aliphatic hydroxyl groups is 1. The van der Waals surface area contributed by atoms with E-state index in [-0.39, 0.29) is 23.8 Å². The third kappa shape index (κ3) is 2.77. The predicted octanol–water partition coefficient (Wildman–Crippen LogP) is 2.03. The molecule has 1 fully saturated rings. The number of halogens is 1. The monoisotopic (exact) mass is 361 g/mol. The zero-order valence-electron chi connectivity index (χ0n) is 9.95. The highest BCUT2D eigenvalue weighted by molar-refractivity contribution is 14.1. The fourth-order valence-corrected chi connectivity index (χ4v) is 2.86. The van der Waals surface area contributed by atoms with E-state index in [0.717, 1.165) is 29.3 Å². The lowest BCUT2D eigenvalue weighted by Gasteiger charge is -2.28. The fourth-order valence-electron chi connectivity index (χ4n) is 2.37. The average molecular weight is 361 g/mol. The van der Waals surface area contributed by atoms with Crippen LogP contribution in [-0.2, 0) is 0 Å². The smallest absolute Gasteiger partial charge is 0.255 e. The van der Waals surface area contributed by atoms with Crippen LogP contribution in [0, 0.1) is 3.57 Å². The van der Waals surface area contributed by atoms with Gasteiger partial charge in [0.1, 0.15) is 5.75 Å². The Bertz CT molecular complexity index is 456. The van der Waals surface area contributed by atoms with E-state index in [1.54, 1.807) is 12.1 Å². The van der Waals surface area contributed by atoms with Crippen molar-refractivity contribution in [3.8, 4) is 5.75 Å². The molecule has 98 valence electrons. The van der Waals surface area contributed by atoms with Crippen molar-refractivity contribution in [1.29, 1.82) is 0 Å². The zero-order valence-corrected chi connectivity index (χ0v) is 12.1. The van der Waals surface area contributed by atoms with E-state index >= 15 is 0 Å². The Kier molecular flexibility index (Phi) is 4.11. The summed E-state index contributed by atoms with van der Waals surface area (Å²) in [5, 5.41) is 22.0. The summed E-state index contributed by atoms with van der Waals surface area (Å²) in [5.41, 5.74) is -0.244. The molecule has 1 aromatic rings. The summed E-state index contributed by atoms with van der Waals surface area (Å²) >= 11 is 2.09. The van der Waals surface area contributed by atoms with Crippen LogP contribution in [-0.4, -0.2) is 28.3 Å². The van der Waals surface area contributed by atoms with Crippen LogP contribution in [0.25, 0.3) is 0 Å². The largest absolute Gasteiger partial charge is 0.507 e. The molecular formula is C13H16INO3. The molecule has 2 rings (SSSR count). The van der Waals surface area contributed by atoms with Crippen molar-refractivity contribution in [2.75, 3.05) is 6.61 Å². The number of carbonyl (C=O) groups excluding carboxylic acids is 1. The second-order valence-corrected chi connectivity index (χ2v) is 6.01. The number of rotatable bonds is 3. The molecule has 4 nitrogen and oxygen atoms in total. The molecule has 0 unspecified atom stereocenters. The van der Waals surface area contributed by atoms with Gasteiger partial charge in [0.25, 0.3) is 5.91 Å². The van der Waals surface area contributed by atoms with Gasteiger partial charge in [-0.05, 0) is 53.6 Å². The summed E-state index contributed by atoms with van der Waals surface area (Å²) < 4.78 is 0.889. The normalized spacial score (nSPS) is 17.7. The summed E-state index contributed by atoms with van der Waals surface area (Å²) in [6.07, 6.45) is 3.61. The van der Waals surface area contributed by atoms with Crippen molar-refractivity contribution in [2.45, 2.75) is 31.2 Å². The average Bonchev–Trinajstić information content (AvgIpc) is 2.81. The van der Waals surface area contributed by atoms with Crippen LogP contribution in [0.3, 0.4) is 0 Å². The van der Waals surface area contributed by atoms with Crippen LogP contribution in [0.2, 0.25) is 0 Å². The second-order valence-electron chi connectivity index (χ2n) is 4.76. The lowest BCUT2D eigenvalue weighted by Crippen LogP contribution is -2.49. The number of aliphatic hydroxyl groups excluding tert-OH is 1. The molecule has 1 aliphatic carbocycles. The Balaban J connectivity index is 2.18. The van der Waals surface area contributed by atoms with Gasteiger partial charge in [0.05, 0.1) is 17.7 Å².